The van der Waals surface area contributed by atoms with Crippen LogP contribution in [0, 0.1) is 11.3 Å². The third-order valence-electron chi connectivity index (χ3n) is 4.06. The molecule has 1 amide bonds. The zero-order valence-electron chi connectivity index (χ0n) is 15.0. The number of aromatic nitrogens is 1. The molecule has 6 nitrogen and oxygen atoms in total. The number of nitrogens with zero attached hydrogens (tertiary/aromatic N) is 2. The second kappa shape index (κ2) is 7.58. The molecule has 3 rings (SSSR count). The number of pyridine rings is 1. The minimum atomic E-state index is -0.137. The first-order valence-corrected chi connectivity index (χ1v) is 8.25. The Bertz CT molecular complexity index is 1040. The van der Waals surface area contributed by atoms with Gasteiger partial charge in [0.2, 0.25) is 5.91 Å². The van der Waals surface area contributed by atoms with Crippen molar-refractivity contribution in [3.8, 4) is 34.2 Å². The lowest BCUT2D eigenvalue weighted by atomic mass is 9.97. The van der Waals surface area contributed by atoms with Gasteiger partial charge in [-0.1, -0.05) is 30.3 Å². The van der Waals surface area contributed by atoms with Crippen LogP contribution in [0.2, 0.25) is 0 Å². The normalized spacial score (nSPS) is 10.1. The first-order chi connectivity index (χ1) is 13.0. The Labute approximate surface area is 157 Å². The van der Waals surface area contributed by atoms with Gasteiger partial charge >= 0.3 is 0 Å². The smallest absolute Gasteiger partial charge is 0.221 e. The summed E-state index contributed by atoms with van der Waals surface area (Å²) in [6.45, 7) is 1.45. The fourth-order valence-corrected chi connectivity index (χ4v) is 2.84. The molecule has 0 spiro atoms. The Morgan fingerprint density at radius 3 is 2.48 bits per heavy atom. The third-order valence-corrected chi connectivity index (χ3v) is 4.06. The number of nitriles is 1. The van der Waals surface area contributed by atoms with E-state index in [0.29, 0.717) is 28.3 Å². The Hall–Kier alpha value is -3.85. The number of carbonyl (C=O) groups excluding carboxylic acids is 1. The van der Waals surface area contributed by atoms with Gasteiger partial charge in [0.1, 0.15) is 23.2 Å². The van der Waals surface area contributed by atoms with Crippen LogP contribution in [0.3, 0.4) is 0 Å². The van der Waals surface area contributed by atoms with E-state index in [4.69, 9.17) is 10.5 Å². The van der Waals surface area contributed by atoms with Crippen LogP contribution in [0.4, 0.5) is 11.5 Å². The number of benzene rings is 2. The van der Waals surface area contributed by atoms with Gasteiger partial charge in [-0.05, 0) is 24.3 Å². The van der Waals surface area contributed by atoms with E-state index in [0.717, 1.165) is 11.1 Å². The number of nitrogens with two attached hydrogens (primary N) is 1. The van der Waals surface area contributed by atoms with E-state index in [-0.39, 0.29) is 11.7 Å². The van der Waals surface area contributed by atoms with Crippen LogP contribution in [-0.4, -0.2) is 18.0 Å². The van der Waals surface area contributed by atoms with Crippen molar-refractivity contribution in [3.05, 3.63) is 60.2 Å². The van der Waals surface area contributed by atoms with E-state index in [1.807, 2.05) is 42.5 Å². The summed E-state index contributed by atoms with van der Waals surface area (Å²) in [4.78, 5) is 15.5. The Morgan fingerprint density at radius 2 is 1.85 bits per heavy atom. The van der Waals surface area contributed by atoms with Crippen molar-refractivity contribution in [3.63, 3.8) is 0 Å². The monoisotopic (exact) mass is 358 g/mol. The van der Waals surface area contributed by atoms with Gasteiger partial charge in [-0.15, -0.1) is 0 Å². The zero-order valence-corrected chi connectivity index (χ0v) is 15.0. The highest BCUT2D eigenvalue weighted by Gasteiger charge is 2.16. The molecule has 6 heteroatoms. The molecular formula is C21H18N4O2. The summed E-state index contributed by atoms with van der Waals surface area (Å²) in [7, 11) is 1.58. The molecule has 0 saturated carbocycles. The number of nitrogens with one attached hydrogen (secondary N) is 1. The van der Waals surface area contributed by atoms with Crippen molar-refractivity contribution in [2.24, 2.45) is 0 Å². The van der Waals surface area contributed by atoms with Crippen molar-refractivity contribution in [1.82, 2.24) is 4.98 Å². The fourth-order valence-electron chi connectivity index (χ4n) is 2.84. The summed E-state index contributed by atoms with van der Waals surface area (Å²) >= 11 is 0. The molecule has 3 aromatic rings. The number of carbonyl (C=O) groups is 1. The predicted molar refractivity (Wildman–Crippen MR) is 105 cm³/mol. The van der Waals surface area contributed by atoms with Crippen LogP contribution < -0.4 is 15.8 Å². The Kier molecular flexibility index (Phi) is 5.04. The maximum atomic E-state index is 11.2. The third kappa shape index (κ3) is 3.72. The molecule has 0 unspecified atom stereocenters. The van der Waals surface area contributed by atoms with Gasteiger partial charge in [0, 0.05) is 29.3 Å². The molecule has 0 radical (unpaired) electrons. The quantitative estimate of drug-likeness (QED) is 0.738. The number of para-hydroxylation sites is 1. The molecule has 0 aliphatic heterocycles. The maximum Gasteiger partial charge on any atom is 0.221 e. The molecule has 1 aromatic heterocycles. The number of amides is 1. The Balaban J connectivity index is 2.12. The van der Waals surface area contributed by atoms with E-state index in [9.17, 15) is 10.1 Å². The van der Waals surface area contributed by atoms with Crippen LogP contribution in [-0.2, 0) is 4.79 Å². The van der Waals surface area contributed by atoms with E-state index >= 15 is 0 Å². The Morgan fingerprint density at radius 1 is 1.15 bits per heavy atom. The highest BCUT2D eigenvalue weighted by atomic mass is 16.5. The first-order valence-electron chi connectivity index (χ1n) is 8.25. The summed E-state index contributed by atoms with van der Waals surface area (Å²) in [5.74, 6) is 0.662. The summed E-state index contributed by atoms with van der Waals surface area (Å²) < 4.78 is 5.43. The number of nitrogen functional groups attached to an aromatic ring is 1. The molecule has 0 aliphatic rings. The summed E-state index contributed by atoms with van der Waals surface area (Å²) in [6.07, 6.45) is 0. The second-order valence-corrected chi connectivity index (χ2v) is 5.89. The van der Waals surface area contributed by atoms with E-state index in [1.54, 1.807) is 19.2 Å². The number of methoxy groups -OCH3 is 1. The van der Waals surface area contributed by atoms with Gasteiger partial charge in [-0.2, -0.15) is 5.26 Å². The van der Waals surface area contributed by atoms with Crippen LogP contribution in [0.1, 0.15) is 12.5 Å². The molecule has 0 bridgehead atoms. The molecule has 1 heterocycles. The highest BCUT2D eigenvalue weighted by Crippen LogP contribution is 2.36. The molecular weight excluding hydrogens is 340 g/mol. The van der Waals surface area contributed by atoms with E-state index in [2.05, 4.69) is 16.4 Å². The predicted octanol–water partition coefficient (Wildman–Crippen LogP) is 3.84. The standard InChI is InChI=1S/C21H18N4O2/c1-13(26)24-15-9-7-14(8-10-15)19-11-17(18(12-22)21(23)25-19)16-5-3-4-6-20(16)27-2/h3-11H,1-2H3,(H2,23,25)(H,24,26). The van der Waals surface area contributed by atoms with Gasteiger partial charge in [-0.3, -0.25) is 4.79 Å². The van der Waals surface area contributed by atoms with Gasteiger partial charge in [0.05, 0.1) is 12.8 Å². The van der Waals surface area contributed by atoms with Gasteiger partial charge in [-0.25, -0.2) is 4.98 Å². The van der Waals surface area contributed by atoms with Crippen molar-refractivity contribution >= 4 is 17.4 Å². The molecule has 3 N–H and O–H groups in total. The van der Waals surface area contributed by atoms with Crippen molar-refractivity contribution in [2.75, 3.05) is 18.2 Å². The van der Waals surface area contributed by atoms with Crippen LogP contribution in [0.25, 0.3) is 22.4 Å². The average molecular weight is 358 g/mol. The lowest BCUT2D eigenvalue weighted by molar-refractivity contribution is -0.114. The first kappa shape index (κ1) is 18.0. The van der Waals surface area contributed by atoms with E-state index < -0.39 is 0 Å². The minimum absolute atomic E-state index is 0.137. The van der Waals surface area contributed by atoms with Crippen LogP contribution >= 0.6 is 0 Å². The van der Waals surface area contributed by atoms with Gasteiger partial charge < -0.3 is 15.8 Å². The fraction of sp³-hybridized carbons (Fsp3) is 0.0952. The summed E-state index contributed by atoms with van der Waals surface area (Å²) in [6, 6.07) is 18.6. The minimum Gasteiger partial charge on any atom is -0.496 e. The van der Waals surface area contributed by atoms with Crippen LogP contribution in [0.15, 0.2) is 54.6 Å². The van der Waals surface area contributed by atoms with Gasteiger partial charge in [0.25, 0.3) is 0 Å². The molecule has 2 aromatic carbocycles. The molecule has 0 aliphatic carbocycles. The van der Waals surface area contributed by atoms with Crippen molar-refractivity contribution in [2.45, 2.75) is 6.92 Å². The highest BCUT2D eigenvalue weighted by molar-refractivity contribution is 5.89. The van der Waals surface area contributed by atoms with Crippen molar-refractivity contribution < 1.29 is 9.53 Å². The number of hydrogen-bond acceptors (Lipinski definition) is 5. The molecule has 27 heavy (non-hydrogen) atoms. The maximum absolute atomic E-state index is 11.2. The number of anilines is 2. The summed E-state index contributed by atoms with van der Waals surface area (Å²) in [5, 5.41) is 12.3. The topological polar surface area (TPSA) is 101 Å². The molecule has 0 atom stereocenters. The zero-order chi connectivity index (χ0) is 19.4. The lowest BCUT2D eigenvalue weighted by Gasteiger charge is -2.13. The van der Waals surface area contributed by atoms with E-state index in [1.165, 1.54) is 6.92 Å². The van der Waals surface area contributed by atoms with Gasteiger partial charge in [0.15, 0.2) is 0 Å². The van der Waals surface area contributed by atoms with Crippen LogP contribution in [0.5, 0.6) is 5.75 Å². The average Bonchev–Trinajstić information content (AvgIpc) is 2.67. The van der Waals surface area contributed by atoms with Crippen molar-refractivity contribution in [1.29, 1.82) is 5.26 Å². The lowest BCUT2D eigenvalue weighted by Crippen LogP contribution is -2.05. The molecule has 0 fully saturated rings. The molecule has 134 valence electrons. The number of hydrogen-bond donors (Lipinski definition) is 2. The largest absolute Gasteiger partial charge is 0.496 e. The number of rotatable bonds is 4. The molecule has 0 saturated heterocycles. The summed E-state index contributed by atoms with van der Waals surface area (Å²) in [5.41, 5.74) is 9.92. The SMILES string of the molecule is COc1ccccc1-c1cc(-c2ccc(NC(C)=O)cc2)nc(N)c1C#N. The number of ether oxygens (including phenoxy) is 1. The second-order valence-electron chi connectivity index (χ2n) is 5.89.